The zero-order valence-corrected chi connectivity index (χ0v) is 8.35. The Labute approximate surface area is 84.4 Å². The van der Waals surface area contributed by atoms with Gasteiger partial charge in [0.1, 0.15) is 0 Å². The SMILES string of the molecule is C=CCC(N)C(=O)N1CCC[C@@H]1CO. The molecule has 1 saturated heterocycles. The normalized spacial score (nSPS) is 23.6. The lowest BCUT2D eigenvalue weighted by Gasteiger charge is -2.25. The topological polar surface area (TPSA) is 66.6 Å². The number of nitrogens with zero attached hydrogens (tertiary/aromatic N) is 1. The first-order chi connectivity index (χ1) is 6.70. The van der Waals surface area contributed by atoms with E-state index >= 15 is 0 Å². The Kier molecular flexibility index (Phi) is 4.10. The van der Waals surface area contributed by atoms with Gasteiger partial charge in [0.05, 0.1) is 18.7 Å². The van der Waals surface area contributed by atoms with Crippen LogP contribution >= 0.6 is 0 Å². The van der Waals surface area contributed by atoms with Gasteiger partial charge in [-0.25, -0.2) is 0 Å². The van der Waals surface area contributed by atoms with Crippen molar-refractivity contribution in [2.45, 2.75) is 31.3 Å². The van der Waals surface area contributed by atoms with Gasteiger partial charge >= 0.3 is 0 Å². The van der Waals surface area contributed by atoms with E-state index in [9.17, 15) is 4.79 Å². The Morgan fingerprint density at radius 2 is 2.50 bits per heavy atom. The number of hydrogen-bond acceptors (Lipinski definition) is 3. The molecule has 1 aliphatic heterocycles. The molecular formula is C10H18N2O2. The number of aliphatic hydroxyl groups excluding tert-OH is 1. The first-order valence-electron chi connectivity index (χ1n) is 4.98. The standard InChI is InChI=1S/C10H18N2O2/c1-2-4-9(11)10(14)12-6-3-5-8(12)7-13/h2,8-9,13H,1,3-7,11H2/t8-,9?/m1/s1. The van der Waals surface area contributed by atoms with E-state index in [2.05, 4.69) is 6.58 Å². The third-order valence-corrected chi connectivity index (χ3v) is 2.61. The van der Waals surface area contributed by atoms with Gasteiger partial charge in [0.2, 0.25) is 5.91 Å². The Morgan fingerprint density at radius 1 is 1.79 bits per heavy atom. The van der Waals surface area contributed by atoms with Gasteiger partial charge in [-0.2, -0.15) is 0 Å². The molecule has 0 aromatic carbocycles. The number of carbonyl (C=O) groups is 1. The summed E-state index contributed by atoms with van der Waals surface area (Å²) in [5.74, 6) is -0.0681. The predicted octanol–water partition coefficient (Wildman–Crippen LogP) is -0.127. The molecule has 1 amide bonds. The maximum absolute atomic E-state index is 11.7. The molecule has 0 aromatic rings. The quantitative estimate of drug-likeness (QED) is 0.618. The van der Waals surface area contributed by atoms with Crippen molar-refractivity contribution in [2.75, 3.05) is 13.2 Å². The molecule has 2 atom stereocenters. The van der Waals surface area contributed by atoms with E-state index < -0.39 is 6.04 Å². The molecule has 0 aromatic heterocycles. The zero-order chi connectivity index (χ0) is 10.6. The van der Waals surface area contributed by atoms with E-state index in [4.69, 9.17) is 10.8 Å². The smallest absolute Gasteiger partial charge is 0.240 e. The summed E-state index contributed by atoms with van der Waals surface area (Å²) in [4.78, 5) is 13.4. The van der Waals surface area contributed by atoms with Gasteiger partial charge in [0.15, 0.2) is 0 Å². The second-order valence-electron chi connectivity index (χ2n) is 3.64. The Hall–Kier alpha value is -0.870. The Morgan fingerprint density at radius 3 is 3.07 bits per heavy atom. The molecule has 0 aliphatic carbocycles. The third-order valence-electron chi connectivity index (χ3n) is 2.61. The molecule has 1 fully saturated rings. The summed E-state index contributed by atoms with van der Waals surface area (Å²) in [6.45, 7) is 4.30. The Bertz CT molecular complexity index is 218. The monoisotopic (exact) mass is 198 g/mol. The fourth-order valence-electron chi connectivity index (χ4n) is 1.81. The minimum Gasteiger partial charge on any atom is -0.394 e. The van der Waals surface area contributed by atoms with Gasteiger partial charge in [-0.05, 0) is 19.3 Å². The summed E-state index contributed by atoms with van der Waals surface area (Å²) in [7, 11) is 0. The highest BCUT2D eigenvalue weighted by atomic mass is 16.3. The minimum atomic E-state index is -0.500. The van der Waals surface area contributed by atoms with Crippen LogP contribution in [-0.4, -0.2) is 41.1 Å². The summed E-state index contributed by atoms with van der Waals surface area (Å²) in [5.41, 5.74) is 5.68. The van der Waals surface area contributed by atoms with E-state index in [1.165, 1.54) is 0 Å². The molecule has 4 nitrogen and oxygen atoms in total. The van der Waals surface area contributed by atoms with E-state index in [1.807, 2.05) is 0 Å². The predicted molar refractivity (Wildman–Crippen MR) is 54.6 cm³/mol. The van der Waals surface area contributed by atoms with Gasteiger partial charge in [-0.15, -0.1) is 6.58 Å². The second-order valence-corrected chi connectivity index (χ2v) is 3.64. The fraction of sp³-hybridized carbons (Fsp3) is 0.700. The van der Waals surface area contributed by atoms with E-state index in [0.29, 0.717) is 6.42 Å². The molecule has 0 spiro atoms. The van der Waals surface area contributed by atoms with E-state index in [0.717, 1.165) is 19.4 Å². The summed E-state index contributed by atoms with van der Waals surface area (Å²) in [6, 6.07) is -0.530. The molecule has 1 aliphatic rings. The molecule has 1 unspecified atom stereocenters. The van der Waals surface area contributed by atoms with Crippen LogP contribution in [0.3, 0.4) is 0 Å². The maximum Gasteiger partial charge on any atom is 0.240 e. The van der Waals surface area contributed by atoms with Gasteiger partial charge in [-0.3, -0.25) is 4.79 Å². The molecule has 0 radical (unpaired) electrons. The van der Waals surface area contributed by atoms with Crippen molar-refractivity contribution < 1.29 is 9.90 Å². The molecule has 4 heteroatoms. The number of carbonyl (C=O) groups excluding carboxylic acids is 1. The van der Waals surface area contributed by atoms with E-state index in [-0.39, 0.29) is 18.6 Å². The first-order valence-corrected chi connectivity index (χ1v) is 4.98. The molecule has 0 bridgehead atoms. The average molecular weight is 198 g/mol. The summed E-state index contributed by atoms with van der Waals surface area (Å²) >= 11 is 0. The summed E-state index contributed by atoms with van der Waals surface area (Å²) in [5, 5.41) is 9.04. The van der Waals surface area contributed by atoms with Crippen LogP contribution in [0.4, 0.5) is 0 Å². The van der Waals surface area contributed by atoms with Crippen LogP contribution in [0.15, 0.2) is 12.7 Å². The van der Waals surface area contributed by atoms with Gasteiger partial charge < -0.3 is 15.7 Å². The van der Waals surface area contributed by atoms with Crippen molar-refractivity contribution in [1.82, 2.24) is 4.90 Å². The summed E-state index contributed by atoms with van der Waals surface area (Å²) < 4.78 is 0. The number of nitrogens with two attached hydrogens (primary N) is 1. The van der Waals surface area contributed by atoms with Crippen molar-refractivity contribution in [3.63, 3.8) is 0 Å². The lowest BCUT2D eigenvalue weighted by Crippen LogP contribution is -2.46. The second kappa shape index (κ2) is 5.12. The van der Waals surface area contributed by atoms with Crippen LogP contribution in [0.25, 0.3) is 0 Å². The maximum atomic E-state index is 11.7. The van der Waals surface area contributed by atoms with Crippen LogP contribution in [0, 0.1) is 0 Å². The minimum absolute atomic E-state index is 0.0293. The highest BCUT2D eigenvalue weighted by Crippen LogP contribution is 2.17. The molecule has 80 valence electrons. The van der Waals surface area contributed by atoms with Crippen molar-refractivity contribution in [1.29, 1.82) is 0 Å². The van der Waals surface area contributed by atoms with Crippen LogP contribution in [0.5, 0.6) is 0 Å². The van der Waals surface area contributed by atoms with Crippen LogP contribution in [0.2, 0.25) is 0 Å². The fourth-order valence-corrected chi connectivity index (χ4v) is 1.81. The van der Waals surface area contributed by atoms with Crippen molar-refractivity contribution in [3.05, 3.63) is 12.7 Å². The lowest BCUT2D eigenvalue weighted by atomic mass is 10.1. The molecule has 14 heavy (non-hydrogen) atoms. The van der Waals surface area contributed by atoms with Gasteiger partial charge in [0, 0.05) is 6.54 Å². The van der Waals surface area contributed by atoms with E-state index in [1.54, 1.807) is 11.0 Å². The van der Waals surface area contributed by atoms with Gasteiger partial charge in [-0.1, -0.05) is 6.08 Å². The van der Waals surface area contributed by atoms with Crippen LogP contribution < -0.4 is 5.73 Å². The van der Waals surface area contributed by atoms with Crippen LogP contribution in [0.1, 0.15) is 19.3 Å². The summed E-state index contributed by atoms with van der Waals surface area (Å²) in [6.07, 6.45) is 3.97. The average Bonchev–Trinajstić information content (AvgIpc) is 2.64. The number of aliphatic hydroxyl groups is 1. The molecule has 3 N–H and O–H groups in total. The molecule has 1 rings (SSSR count). The first kappa shape index (κ1) is 11.2. The number of hydrogen-bond donors (Lipinski definition) is 2. The van der Waals surface area contributed by atoms with Gasteiger partial charge in [0.25, 0.3) is 0 Å². The number of amides is 1. The molecule has 1 heterocycles. The Balaban J connectivity index is 2.54. The third kappa shape index (κ3) is 2.33. The van der Waals surface area contributed by atoms with Crippen molar-refractivity contribution >= 4 is 5.91 Å². The number of likely N-dealkylation sites (tertiary alicyclic amines) is 1. The largest absolute Gasteiger partial charge is 0.394 e. The highest BCUT2D eigenvalue weighted by molar-refractivity contribution is 5.82. The number of rotatable bonds is 4. The van der Waals surface area contributed by atoms with Crippen LogP contribution in [-0.2, 0) is 4.79 Å². The molecular weight excluding hydrogens is 180 g/mol. The van der Waals surface area contributed by atoms with Crippen molar-refractivity contribution in [3.8, 4) is 0 Å². The lowest BCUT2D eigenvalue weighted by molar-refractivity contribution is -0.134. The zero-order valence-electron chi connectivity index (χ0n) is 8.35. The van der Waals surface area contributed by atoms with Crippen molar-refractivity contribution in [2.24, 2.45) is 5.73 Å². The highest BCUT2D eigenvalue weighted by Gasteiger charge is 2.30. The molecule has 0 saturated carbocycles.